The van der Waals surface area contributed by atoms with Crippen LogP contribution in [0.25, 0.3) is 44.2 Å². The lowest BCUT2D eigenvalue weighted by Gasteiger charge is -2.34. The van der Waals surface area contributed by atoms with Crippen molar-refractivity contribution < 1.29 is 4.74 Å². The largest absolute Gasteiger partial charge is 0.452 e. The van der Waals surface area contributed by atoms with Gasteiger partial charge in [-0.1, -0.05) is 178 Å². The molecule has 9 aromatic rings. The highest BCUT2D eigenvalue weighted by Gasteiger charge is 2.46. The van der Waals surface area contributed by atoms with E-state index in [9.17, 15) is 0 Å². The fourth-order valence-electron chi connectivity index (χ4n) is 10.5. The molecule has 0 saturated heterocycles. The van der Waals surface area contributed by atoms with Crippen molar-refractivity contribution in [1.82, 2.24) is 0 Å². The zero-order valence-electron chi connectivity index (χ0n) is 32.4. The highest BCUT2D eigenvalue weighted by molar-refractivity contribution is 6.00. The van der Waals surface area contributed by atoms with Crippen LogP contribution in [0.15, 0.2) is 200 Å². The molecular weight excluding hydrogens is 703 g/mol. The Morgan fingerprint density at radius 3 is 1.74 bits per heavy atom. The lowest BCUT2D eigenvalue weighted by Crippen LogP contribution is -2.28. The molecule has 0 bridgehead atoms. The van der Waals surface area contributed by atoms with Gasteiger partial charge in [0, 0.05) is 16.5 Å². The Morgan fingerprint density at radius 2 is 0.966 bits per heavy atom. The van der Waals surface area contributed by atoms with Crippen molar-refractivity contribution in [3.63, 3.8) is 0 Å². The van der Waals surface area contributed by atoms with Crippen LogP contribution in [-0.4, -0.2) is 0 Å². The van der Waals surface area contributed by atoms with Crippen LogP contribution in [0.4, 0.5) is 17.1 Å². The van der Waals surface area contributed by atoms with Gasteiger partial charge in [0.1, 0.15) is 0 Å². The Balaban J connectivity index is 1.03. The number of rotatable bonds is 4. The first-order valence-corrected chi connectivity index (χ1v) is 20.3. The maximum atomic E-state index is 7.04. The molecule has 12 rings (SSSR count). The minimum Gasteiger partial charge on any atom is -0.452 e. The second-order valence-corrected chi connectivity index (χ2v) is 16.4. The van der Waals surface area contributed by atoms with E-state index in [4.69, 9.17) is 4.74 Å². The monoisotopic (exact) mass is 741 g/mol. The van der Waals surface area contributed by atoms with Gasteiger partial charge in [0.15, 0.2) is 11.5 Å². The van der Waals surface area contributed by atoms with Crippen molar-refractivity contribution in [2.75, 3.05) is 4.90 Å². The summed E-state index contributed by atoms with van der Waals surface area (Å²) in [5.41, 5.74) is 18.0. The van der Waals surface area contributed by atoms with Crippen LogP contribution in [0.2, 0.25) is 0 Å². The Labute approximate surface area is 339 Å². The first kappa shape index (κ1) is 33.0. The molecule has 2 heteroatoms. The van der Waals surface area contributed by atoms with Gasteiger partial charge in [0.05, 0.1) is 16.8 Å². The molecule has 0 atom stereocenters. The first-order valence-electron chi connectivity index (χ1n) is 20.3. The topological polar surface area (TPSA) is 12.5 Å². The standard InChI is InChI=1S/C56H39NO/c1-55(2)47-23-13-11-21-43(47)46-35-41(28-30-48(46)55)57-51-31-27-38(34-53(51)58-54-42-20-10-9-15-36(42)26-32-52(54)57)37-25-29-50-45(33-37)44-22-12-14-24-49(44)56(50,39-16-5-3-6-17-39)40-18-7-4-8-19-40/h3-35H,1-2H3. The number of anilines is 3. The van der Waals surface area contributed by atoms with Gasteiger partial charge in [-0.05, 0) is 109 Å². The smallest absolute Gasteiger partial charge is 0.159 e. The van der Waals surface area contributed by atoms with Crippen LogP contribution >= 0.6 is 0 Å². The van der Waals surface area contributed by atoms with Crippen molar-refractivity contribution in [3.8, 4) is 44.9 Å². The van der Waals surface area contributed by atoms with E-state index in [1.165, 1.54) is 55.6 Å². The van der Waals surface area contributed by atoms with Crippen LogP contribution in [0, 0.1) is 0 Å². The fraction of sp³-hybridized carbons (Fsp3) is 0.0714. The molecule has 274 valence electrons. The second-order valence-electron chi connectivity index (χ2n) is 16.4. The number of benzene rings is 9. The van der Waals surface area contributed by atoms with Crippen molar-refractivity contribution in [3.05, 3.63) is 234 Å². The molecule has 3 aliphatic rings. The van der Waals surface area contributed by atoms with E-state index < -0.39 is 5.41 Å². The third kappa shape index (κ3) is 4.49. The summed E-state index contributed by atoms with van der Waals surface area (Å²) < 4.78 is 7.04. The molecule has 2 aliphatic carbocycles. The quantitative estimate of drug-likeness (QED) is 0.178. The summed E-state index contributed by atoms with van der Waals surface area (Å²) in [6, 6.07) is 73.6. The molecule has 1 heterocycles. The summed E-state index contributed by atoms with van der Waals surface area (Å²) in [6.07, 6.45) is 0. The molecule has 0 amide bonds. The Hall–Kier alpha value is -7.16. The third-order valence-corrected chi connectivity index (χ3v) is 13.1. The Kier molecular flexibility index (Phi) is 6.93. The van der Waals surface area contributed by atoms with Crippen LogP contribution < -0.4 is 9.64 Å². The third-order valence-electron chi connectivity index (χ3n) is 13.1. The van der Waals surface area contributed by atoms with Gasteiger partial charge in [-0.15, -0.1) is 0 Å². The van der Waals surface area contributed by atoms with E-state index in [-0.39, 0.29) is 5.41 Å². The highest BCUT2D eigenvalue weighted by atomic mass is 16.5. The molecule has 0 saturated carbocycles. The summed E-state index contributed by atoms with van der Waals surface area (Å²) in [6.45, 7) is 4.68. The summed E-state index contributed by atoms with van der Waals surface area (Å²) in [7, 11) is 0. The van der Waals surface area contributed by atoms with Crippen molar-refractivity contribution >= 4 is 27.8 Å². The molecule has 0 unspecified atom stereocenters. The van der Waals surface area contributed by atoms with E-state index in [1.54, 1.807) is 0 Å². The van der Waals surface area contributed by atoms with Gasteiger partial charge in [0.25, 0.3) is 0 Å². The van der Waals surface area contributed by atoms with Gasteiger partial charge in [0.2, 0.25) is 0 Å². The first-order chi connectivity index (χ1) is 28.5. The van der Waals surface area contributed by atoms with E-state index in [1.807, 2.05) is 0 Å². The van der Waals surface area contributed by atoms with Crippen LogP contribution in [0.5, 0.6) is 11.5 Å². The van der Waals surface area contributed by atoms with Gasteiger partial charge in [-0.2, -0.15) is 0 Å². The predicted octanol–water partition coefficient (Wildman–Crippen LogP) is 14.8. The van der Waals surface area contributed by atoms with Gasteiger partial charge >= 0.3 is 0 Å². The molecule has 0 spiro atoms. The number of hydrogen-bond donors (Lipinski definition) is 0. The summed E-state index contributed by atoms with van der Waals surface area (Å²) >= 11 is 0. The maximum Gasteiger partial charge on any atom is 0.159 e. The molecule has 2 nitrogen and oxygen atoms in total. The fourth-order valence-corrected chi connectivity index (χ4v) is 10.5. The van der Waals surface area contributed by atoms with Gasteiger partial charge < -0.3 is 9.64 Å². The van der Waals surface area contributed by atoms with E-state index in [0.29, 0.717) is 0 Å². The molecule has 58 heavy (non-hydrogen) atoms. The lowest BCUT2D eigenvalue weighted by molar-refractivity contribution is 0.483. The van der Waals surface area contributed by atoms with Crippen molar-refractivity contribution in [2.45, 2.75) is 24.7 Å². The molecule has 0 radical (unpaired) electrons. The predicted molar refractivity (Wildman–Crippen MR) is 239 cm³/mol. The number of ether oxygens (including phenoxy) is 1. The van der Waals surface area contributed by atoms with E-state index in [0.717, 1.165) is 50.5 Å². The van der Waals surface area contributed by atoms with Gasteiger partial charge in [-0.25, -0.2) is 0 Å². The normalized spacial score (nSPS) is 14.8. The zero-order chi connectivity index (χ0) is 38.6. The second kappa shape index (κ2) is 12.2. The minimum absolute atomic E-state index is 0.0609. The molecule has 1 aliphatic heterocycles. The minimum atomic E-state index is -0.428. The maximum absolute atomic E-state index is 7.04. The highest BCUT2D eigenvalue weighted by Crippen LogP contribution is 2.58. The number of fused-ring (bicyclic) bond motifs is 10. The summed E-state index contributed by atoms with van der Waals surface area (Å²) in [5, 5.41) is 2.25. The summed E-state index contributed by atoms with van der Waals surface area (Å²) in [5.74, 6) is 1.72. The van der Waals surface area contributed by atoms with Crippen LogP contribution in [0.3, 0.4) is 0 Å². The van der Waals surface area contributed by atoms with Crippen molar-refractivity contribution in [1.29, 1.82) is 0 Å². The molecular formula is C56H39NO. The van der Waals surface area contributed by atoms with Crippen LogP contribution in [0.1, 0.15) is 47.2 Å². The zero-order valence-corrected chi connectivity index (χ0v) is 32.4. The average molecular weight is 742 g/mol. The number of hydrogen-bond acceptors (Lipinski definition) is 2. The number of nitrogens with zero attached hydrogens (tertiary/aromatic N) is 1. The SMILES string of the molecule is CC1(C)c2ccccc2-c2cc(N3c4ccc(-c5ccc6c(c5)-c5ccccc5C6(c5ccccc5)c5ccccc5)cc4Oc4c3ccc3ccccc43)ccc21. The lowest BCUT2D eigenvalue weighted by atomic mass is 9.67. The average Bonchev–Trinajstić information content (AvgIpc) is 3.71. The molecule has 0 aromatic heterocycles. The Bertz CT molecular complexity index is 3080. The van der Waals surface area contributed by atoms with E-state index >= 15 is 0 Å². The van der Waals surface area contributed by atoms with Gasteiger partial charge in [-0.3, -0.25) is 0 Å². The molecule has 0 fully saturated rings. The molecule has 0 N–H and O–H groups in total. The van der Waals surface area contributed by atoms with Crippen molar-refractivity contribution in [2.24, 2.45) is 0 Å². The molecule has 9 aromatic carbocycles. The summed E-state index contributed by atoms with van der Waals surface area (Å²) in [4.78, 5) is 2.39. The Morgan fingerprint density at radius 1 is 0.414 bits per heavy atom. The van der Waals surface area contributed by atoms with E-state index in [2.05, 4.69) is 219 Å². The van der Waals surface area contributed by atoms with Crippen LogP contribution in [-0.2, 0) is 10.8 Å².